The van der Waals surface area contributed by atoms with Crippen LogP contribution in [0.15, 0.2) is 24.3 Å². The van der Waals surface area contributed by atoms with E-state index in [1.807, 2.05) is 17.4 Å². The van der Waals surface area contributed by atoms with Crippen molar-refractivity contribution in [3.8, 4) is 0 Å². The summed E-state index contributed by atoms with van der Waals surface area (Å²) in [7, 11) is 0. The van der Waals surface area contributed by atoms with Crippen molar-refractivity contribution in [1.82, 2.24) is 4.98 Å². The molecule has 92 valence electrons. The highest BCUT2D eigenvalue weighted by atomic mass is 32.1. The summed E-state index contributed by atoms with van der Waals surface area (Å²) in [6.07, 6.45) is 3.30. The molecule has 17 heavy (non-hydrogen) atoms. The fourth-order valence-electron chi connectivity index (χ4n) is 1.99. The molecule has 0 aliphatic rings. The molecule has 0 atom stereocenters. The SMILES string of the molecule is CC(C)(CCN)CCc1nc2ccccc2s1. The maximum atomic E-state index is 5.63. The molecule has 2 rings (SSSR count). The Morgan fingerprint density at radius 2 is 2.00 bits per heavy atom. The lowest BCUT2D eigenvalue weighted by Gasteiger charge is -2.22. The van der Waals surface area contributed by atoms with Crippen molar-refractivity contribution in [1.29, 1.82) is 0 Å². The molecule has 2 N–H and O–H groups in total. The molecule has 2 nitrogen and oxygen atoms in total. The molecule has 0 bridgehead atoms. The van der Waals surface area contributed by atoms with E-state index < -0.39 is 0 Å². The Morgan fingerprint density at radius 3 is 2.71 bits per heavy atom. The second-order valence-corrected chi connectivity index (χ2v) is 6.39. The predicted octanol–water partition coefficient (Wildman–Crippen LogP) is 3.60. The summed E-state index contributed by atoms with van der Waals surface area (Å²) >= 11 is 1.81. The fraction of sp³-hybridized carbons (Fsp3) is 0.500. The van der Waals surface area contributed by atoms with E-state index in [4.69, 9.17) is 5.73 Å². The average molecular weight is 248 g/mol. The quantitative estimate of drug-likeness (QED) is 0.878. The summed E-state index contributed by atoms with van der Waals surface area (Å²) < 4.78 is 1.29. The number of hydrogen-bond acceptors (Lipinski definition) is 3. The first-order valence-corrected chi connectivity index (χ1v) is 6.97. The highest BCUT2D eigenvalue weighted by molar-refractivity contribution is 7.18. The molecule has 0 spiro atoms. The molecular formula is C14H20N2S. The predicted molar refractivity (Wildman–Crippen MR) is 75.4 cm³/mol. The lowest BCUT2D eigenvalue weighted by atomic mass is 9.84. The average Bonchev–Trinajstić information content (AvgIpc) is 2.69. The smallest absolute Gasteiger partial charge is 0.0938 e. The van der Waals surface area contributed by atoms with Gasteiger partial charge in [0.15, 0.2) is 0 Å². The zero-order chi connectivity index (χ0) is 12.3. The third kappa shape index (κ3) is 3.27. The number of rotatable bonds is 5. The van der Waals surface area contributed by atoms with Crippen LogP contribution in [-0.2, 0) is 6.42 Å². The number of thiazole rings is 1. The number of nitrogens with zero attached hydrogens (tertiary/aromatic N) is 1. The van der Waals surface area contributed by atoms with Gasteiger partial charge in [-0.1, -0.05) is 26.0 Å². The van der Waals surface area contributed by atoms with Crippen molar-refractivity contribution in [2.75, 3.05) is 6.54 Å². The largest absolute Gasteiger partial charge is 0.330 e. The monoisotopic (exact) mass is 248 g/mol. The van der Waals surface area contributed by atoms with Gasteiger partial charge in [0.05, 0.1) is 15.2 Å². The molecule has 0 aliphatic heterocycles. The Bertz CT molecular complexity index is 455. The Kier molecular flexibility index (Phi) is 3.79. The van der Waals surface area contributed by atoms with Gasteiger partial charge in [-0.3, -0.25) is 0 Å². The van der Waals surface area contributed by atoms with Gasteiger partial charge >= 0.3 is 0 Å². The summed E-state index contributed by atoms with van der Waals surface area (Å²) in [5.41, 5.74) is 7.09. The lowest BCUT2D eigenvalue weighted by molar-refractivity contribution is 0.313. The van der Waals surface area contributed by atoms with Gasteiger partial charge in [-0.15, -0.1) is 11.3 Å². The molecule has 1 aromatic heterocycles. The fourth-order valence-corrected chi connectivity index (χ4v) is 2.95. The molecule has 0 radical (unpaired) electrons. The normalized spacial score (nSPS) is 12.2. The second-order valence-electron chi connectivity index (χ2n) is 5.28. The van der Waals surface area contributed by atoms with Crippen molar-refractivity contribution in [3.05, 3.63) is 29.3 Å². The highest BCUT2D eigenvalue weighted by Crippen LogP contribution is 2.29. The molecule has 1 heterocycles. The van der Waals surface area contributed by atoms with E-state index in [1.54, 1.807) is 0 Å². The molecule has 1 aromatic carbocycles. The number of hydrogen-bond donors (Lipinski definition) is 1. The van der Waals surface area contributed by atoms with Gasteiger partial charge in [-0.05, 0) is 43.4 Å². The summed E-state index contributed by atoms with van der Waals surface area (Å²) in [5.74, 6) is 0. The molecule has 0 fully saturated rings. The molecule has 0 saturated carbocycles. The van der Waals surface area contributed by atoms with Crippen LogP contribution in [0, 0.1) is 5.41 Å². The number of fused-ring (bicyclic) bond motifs is 1. The van der Waals surface area contributed by atoms with Crippen LogP contribution in [0.2, 0.25) is 0 Å². The molecule has 2 aromatic rings. The molecule has 0 saturated heterocycles. The zero-order valence-electron chi connectivity index (χ0n) is 10.6. The second kappa shape index (κ2) is 5.15. The van der Waals surface area contributed by atoms with Crippen LogP contribution in [0.5, 0.6) is 0 Å². The van der Waals surface area contributed by atoms with E-state index in [1.165, 1.54) is 9.71 Å². The minimum Gasteiger partial charge on any atom is -0.330 e. The third-order valence-electron chi connectivity index (χ3n) is 3.17. The van der Waals surface area contributed by atoms with Crippen LogP contribution in [0.3, 0.4) is 0 Å². The summed E-state index contributed by atoms with van der Waals surface area (Å²) in [5, 5.41) is 1.25. The van der Waals surface area contributed by atoms with Crippen LogP contribution in [0.1, 0.15) is 31.7 Å². The van der Waals surface area contributed by atoms with Gasteiger partial charge in [-0.25, -0.2) is 4.98 Å². The maximum absolute atomic E-state index is 5.63. The van der Waals surface area contributed by atoms with Gasteiger partial charge in [0.25, 0.3) is 0 Å². The Hall–Kier alpha value is -0.930. The van der Waals surface area contributed by atoms with Crippen molar-refractivity contribution < 1.29 is 0 Å². The first-order chi connectivity index (χ1) is 8.11. The van der Waals surface area contributed by atoms with Crippen LogP contribution in [0.25, 0.3) is 10.2 Å². The van der Waals surface area contributed by atoms with Gasteiger partial charge < -0.3 is 5.73 Å². The zero-order valence-corrected chi connectivity index (χ0v) is 11.4. The van der Waals surface area contributed by atoms with Gasteiger partial charge in [0.1, 0.15) is 0 Å². The van der Waals surface area contributed by atoms with Gasteiger partial charge in [0, 0.05) is 0 Å². The molecule has 0 aliphatic carbocycles. The number of aryl methyl sites for hydroxylation is 1. The molecule has 3 heteroatoms. The minimum absolute atomic E-state index is 0.326. The Morgan fingerprint density at radius 1 is 1.24 bits per heavy atom. The summed E-state index contributed by atoms with van der Waals surface area (Å²) in [6, 6.07) is 8.34. The van der Waals surface area contributed by atoms with E-state index >= 15 is 0 Å². The minimum atomic E-state index is 0.326. The molecular weight excluding hydrogens is 228 g/mol. The first-order valence-electron chi connectivity index (χ1n) is 6.15. The standard InChI is InChI=1S/C14H20N2S/c1-14(2,9-10-15)8-7-13-16-11-5-3-4-6-12(11)17-13/h3-6H,7-10,15H2,1-2H3. The summed E-state index contributed by atoms with van der Waals surface area (Å²) in [6.45, 7) is 5.34. The molecule has 0 unspecified atom stereocenters. The van der Waals surface area contributed by atoms with Crippen molar-refractivity contribution >= 4 is 21.6 Å². The lowest BCUT2D eigenvalue weighted by Crippen LogP contribution is -2.17. The number of nitrogens with two attached hydrogens (primary N) is 1. The van der Waals surface area contributed by atoms with Crippen LogP contribution in [-0.4, -0.2) is 11.5 Å². The highest BCUT2D eigenvalue weighted by Gasteiger charge is 2.17. The number of aromatic nitrogens is 1. The van der Waals surface area contributed by atoms with Crippen LogP contribution >= 0.6 is 11.3 Å². The van der Waals surface area contributed by atoms with Gasteiger partial charge in [-0.2, -0.15) is 0 Å². The first kappa shape index (κ1) is 12.5. The van der Waals surface area contributed by atoms with Crippen LogP contribution < -0.4 is 5.73 Å². The summed E-state index contributed by atoms with van der Waals surface area (Å²) in [4.78, 5) is 4.66. The van der Waals surface area contributed by atoms with E-state index in [0.717, 1.165) is 31.3 Å². The van der Waals surface area contributed by atoms with Crippen molar-refractivity contribution in [2.45, 2.75) is 33.1 Å². The van der Waals surface area contributed by atoms with Crippen molar-refractivity contribution in [3.63, 3.8) is 0 Å². The van der Waals surface area contributed by atoms with E-state index in [-0.39, 0.29) is 0 Å². The number of benzene rings is 1. The van der Waals surface area contributed by atoms with E-state index in [9.17, 15) is 0 Å². The Labute approximate surface area is 107 Å². The van der Waals surface area contributed by atoms with E-state index in [0.29, 0.717) is 5.41 Å². The third-order valence-corrected chi connectivity index (χ3v) is 4.27. The molecule has 0 amide bonds. The van der Waals surface area contributed by atoms with Gasteiger partial charge in [0.2, 0.25) is 0 Å². The van der Waals surface area contributed by atoms with Crippen LogP contribution in [0.4, 0.5) is 0 Å². The van der Waals surface area contributed by atoms with E-state index in [2.05, 4.69) is 37.0 Å². The topological polar surface area (TPSA) is 38.9 Å². The maximum Gasteiger partial charge on any atom is 0.0938 e. The number of para-hydroxylation sites is 1. The Balaban J connectivity index is 2.04. The van der Waals surface area contributed by atoms with Crippen molar-refractivity contribution in [2.24, 2.45) is 11.1 Å².